The number of benzene rings is 6. The number of nitrogens with one attached hydrogen (secondary N) is 5. The van der Waals surface area contributed by atoms with Crippen LogP contribution in [0.1, 0.15) is 5.56 Å². The van der Waals surface area contributed by atoms with Crippen molar-refractivity contribution in [2.45, 2.75) is 11.8 Å². The first-order chi connectivity index (χ1) is 25.4. The Morgan fingerprint density at radius 1 is 0.315 bits per heavy atom. The van der Waals surface area contributed by atoms with Crippen molar-refractivity contribution in [3.05, 3.63) is 180 Å². The summed E-state index contributed by atoms with van der Waals surface area (Å²) in [6.45, 7) is 2.05. The average Bonchev–Trinajstić information content (AvgIpc) is 3.19. The van der Waals surface area contributed by atoms with Crippen LogP contribution in [0.2, 0.25) is 0 Å². The van der Waals surface area contributed by atoms with Crippen LogP contribution in [0.5, 0.6) is 28.7 Å². The van der Waals surface area contributed by atoms with E-state index in [2.05, 4.69) is 6.92 Å². The van der Waals surface area contributed by atoms with Gasteiger partial charge >= 0.3 is 0 Å². The molecular weight excluding hydrogens is 750 g/mol. The molecule has 0 heterocycles. The van der Waals surface area contributed by atoms with E-state index in [1.165, 1.54) is 5.56 Å². The van der Waals surface area contributed by atoms with Crippen LogP contribution in [-0.2, 0) is 29.7 Å². The molecule has 5 N–H and O–H groups in total. The van der Waals surface area contributed by atoms with E-state index in [0.717, 1.165) is 33.6 Å². The third kappa shape index (κ3) is 22.8. The first-order valence-corrected chi connectivity index (χ1v) is 16.4. The van der Waals surface area contributed by atoms with Crippen LogP contribution in [0.3, 0.4) is 0 Å². The maximum atomic E-state index is 7.11. The van der Waals surface area contributed by atoms with Crippen LogP contribution in [0.15, 0.2) is 150 Å². The molecule has 0 aliphatic carbocycles. The van der Waals surface area contributed by atoms with Crippen molar-refractivity contribution >= 4 is 41.1 Å². The Morgan fingerprint density at radius 3 is 0.611 bits per heavy atom. The molecule has 0 aliphatic rings. The van der Waals surface area contributed by atoms with Crippen molar-refractivity contribution in [1.29, 1.82) is 0 Å². The molecule has 0 fully saturated rings. The number of ether oxygens (including phenoxy) is 5. The molecule has 12 heteroatoms. The summed E-state index contributed by atoms with van der Waals surface area (Å²) in [7, 11) is 8.05. The van der Waals surface area contributed by atoms with E-state index in [-0.39, 0.29) is 17.1 Å². The number of hydrogen-bond donors (Lipinski definition) is 0. The van der Waals surface area contributed by atoms with Gasteiger partial charge in [0.15, 0.2) is 0 Å². The Kier molecular flexibility index (Phi) is 25.5. The zero-order chi connectivity index (χ0) is 39.4. The average molecular weight is 797 g/mol. The first-order valence-electron chi connectivity index (χ1n) is 15.9. The summed E-state index contributed by atoms with van der Waals surface area (Å²) in [5.41, 5.74) is 39.4. The normalized spacial score (nSPS) is 8.85. The van der Waals surface area contributed by atoms with E-state index < -0.39 is 0 Å². The van der Waals surface area contributed by atoms with Gasteiger partial charge in [-0.25, -0.2) is 0 Å². The molecule has 0 saturated heterocycles. The zero-order valence-electron chi connectivity index (χ0n) is 31.1. The number of hydrogen-bond acceptors (Lipinski definition) is 6. The minimum atomic E-state index is 0. The molecule has 0 atom stereocenters. The predicted molar refractivity (Wildman–Crippen MR) is 222 cm³/mol. The SMILES string of the molecule is COc1ccc([NH-])cc1.COc1ccc([NH-])cc1.COc1ccc([NH-])cc1.COc1ccc([NH-])cc1.COc1ccc([NH-])cc1.Cc1ccc([S-])cc1.[Cu]. The van der Waals surface area contributed by atoms with Crippen molar-refractivity contribution in [3.63, 3.8) is 0 Å². The molecule has 0 amide bonds. The summed E-state index contributed by atoms with van der Waals surface area (Å²) in [6.07, 6.45) is 0. The van der Waals surface area contributed by atoms with Crippen LogP contribution in [-0.4, -0.2) is 35.5 Å². The summed E-state index contributed by atoms with van der Waals surface area (Å²) in [4.78, 5) is 0.913. The first kappa shape index (κ1) is 48.1. The van der Waals surface area contributed by atoms with E-state index in [4.69, 9.17) is 65.0 Å². The maximum absolute atomic E-state index is 7.11. The molecule has 0 unspecified atom stereocenters. The minimum Gasteiger partial charge on any atom is -0.780 e. The van der Waals surface area contributed by atoms with Crippen molar-refractivity contribution in [1.82, 2.24) is 0 Å². The molecule has 0 bridgehead atoms. The van der Waals surface area contributed by atoms with E-state index in [0.29, 0.717) is 28.4 Å². The van der Waals surface area contributed by atoms with E-state index in [1.807, 2.05) is 24.3 Å². The van der Waals surface area contributed by atoms with Crippen LogP contribution in [0, 0.1) is 6.92 Å². The number of methoxy groups -OCH3 is 5. The summed E-state index contributed by atoms with van der Waals surface area (Å²) in [5.74, 6) is 3.99. The van der Waals surface area contributed by atoms with Crippen molar-refractivity contribution in [2.75, 3.05) is 35.5 Å². The zero-order valence-corrected chi connectivity index (χ0v) is 32.9. The molecule has 1 radical (unpaired) electrons. The van der Waals surface area contributed by atoms with Crippen LogP contribution in [0.4, 0.5) is 28.4 Å². The monoisotopic (exact) mass is 796 g/mol. The molecule has 10 nitrogen and oxygen atoms in total. The third-order valence-corrected chi connectivity index (χ3v) is 6.74. The van der Waals surface area contributed by atoms with Gasteiger partial charge in [-0.15, -0.1) is 28.4 Å². The van der Waals surface area contributed by atoms with Crippen molar-refractivity contribution in [3.8, 4) is 28.7 Å². The Balaban J connectivity index is 0.000000622. The largest absolute Gasteiger partial charge is 0.780 e. The molecule has 6 aromatic rings. The minimum absolute atomic E-state index is 0. The van der Waals surface area contributed by atoms with Crippen LogP contribution < -0.4 is 23.7 Å². The standard InChI is InChI=1S/5C7H8NO.C7H8S.Cu/c5*1-9-7-4-2-6(8)3-5-7;1-6-2-4-7(8)5-3-6;/h5*2-5,8H,1H3;2-5,8H,1H3;/q5*-1;;/p-1. The fourth-order valence-corrected chi connectivity index (χ4v) is 3.63. The van der Waals surface area contributed by atoms with Crippen LogP contribution in [0.25, 0.3) is 28.7 Å². The number of rotatable bonds is 5. The van der Waals surface area contributed by atoms with Gasteiger partial charge in [-0.1, -0.05) is 90.5 Å². The Labute approximate surface area is 336 Å². The summed E-state index contributed by atoms with van der Waals surface area (Å²) in [6, 6.07) is 42.5. The van der Waals surface area contributed by atoms with Gasteiger partial charge in [-0.05, 0) is 67.6 Å². The summed E-state index contributed by atoms with van der Waals surface area (Å²) >= 11 is 4.87. The molecular formula is C42H47CuN5O5S-6. The predicted octanol–water partition coefficient (Wildman–Crippen LogP) is 13.8. The summed E-state index contributed by atoms with van der Waals surface area (Å²) < 4.78 is 24.4. The fourth-order valence-electron chi connectivity index (χ4n) is 3.49. The quantitative estimate of drug-likeness (QED) is 0.124. The summed E-state index contributed by atoms with van der Waals surface area (Å²) in [5, 5.41) is 0. The third-order valence-electron chi connectivity index (χ3n) is 6.47. The van der Waals surface area contributed by atoms with E-state index in [1.54, 1.807) is 157 Å². The van der Waals surface area contributed by atoms with Crippen molar-refractivity contribution in [2.24, 2.45) is 0 Å². The molecule has 0 aliphatic heterocycles. The van der Waals surface area contributed by atoms with Gasteiger partial charge in [0.05, 0.1) is 35.5 Å². The van der Waals surface area contributed by atoms with Gasteiger partial charge in [0.25, 0.3) is 0 Å². The van der Waals surface area contributed by atoms with E-state index >= 15 is 0 Å². The number of aryl methyl sites for hydroxylation is 1. The smallest absolute Gasteiger partial charge is 0.118 e. The molecule has 0 aromatic heterocycles. The Hall–Kier alpha value is -5.94. The molecule has 54 heavy (non-hydrogen) atoms. The van der Waals surface area contributed by atoms with Gasteiger partial charge in [-0.3, -0.25) is 0 Å². The molecule has 6 rings (SSSR count). The van der Waals surface area contributed by atoms with Gasteiger partial charge in [0.2, 0.25) is 0 Å². The van der Waals surface area contributed by atoms with Crippen LogP contribution >= 0.6 is 0 Å². The molecule has 0 spiro atoms. The molecule has 293 valence electrons. The second-order valence-electron chi connectivity index (χ2n) is 10.5. The second kappa shape index (κ2) is 28.6. The second-order valence-corrected chi connectivity index (χ2v) is 10.9. The maximum Gasteiger partial charge on any atom is 0.118 e. The van der Waals surface area contributed by atoms with Gasteiger partial charge < -0.3 is 65.0 Å². The molecule has 6 aromatic carbocycles. The Bertz CT molecular complexity index is 1490. The molecule has 0 saturated carbocycles. The van der Waals surface area contributed by atoms with Gasteiger partial charge in [0.1, 0.15) is 28.7 Å². The fraction of sp³-hybridized carbons (Fsp3) is 0.143. The van der Waals surface area contributed by atoms with Gasteiger partial charge in [-0.2, -0.15) is 4.90 Å². The van der Waals surface area contributed by atoms with Crippen molar-refractivity contribution < 1.29 is 40.8 Å². The van der Waals surface area contributed by atoms with E-state index in [9.17, 15) is 0 Å². The topological polar surface area (TPSA) is 165 Å². The van der Waals surface area contributed by atoms with Gasteiger partial charge in [0, 0.05) is 17.1 Å². The Morgan fingerprint density at radius 2 is 0.481 bits per heavy atom.